The second-order valence-electron chi connectivity index (χ2n) is 4.85. The van der Waals surface area contributed by atoms with Crippen LogP contribution in [-0.2, 0) is 6.42 Å². The third-order valence-corrected chi connectivity index (χ3v) is 3.62. The lowest BCUT2D eigenvalue weighted by Gasteiger charge is -2.26. The van der Waals surface area contributed by atoms with Crippen molar-refractivity contribution in [2.75, 3.05) is 5.32 Å². The maximum absolute atomic E-state index is 4.69. The molecule has 0 atom stereocenters. The Morgan fingerprint density at radius 3 is 2.76 bits per heavy atom. The van der Waals surface area contributed by atoms with Crippen molar-refractivity contribution in [3.8, 4) is 0 Å². The molecule has 0 spiro atoms. The van der Waals surface area contributed by atoms with Gasteiger partial charge in [-0.2, -0.15) is 0 Å². The number of aromatic nitrogens is 1. The molecule has 1 fully saturated rings. The van der Waals surface area contributed by atoms with Gasteiger partial charge in [0, 0.05) is 11.4 Å². The lowest BCUT2D eigenvalue weighted by Crippen LogP contribution is -2.27. The minimum Gasteiger partial charge on any atom is -0.367 e. The number of anilines is 1. The van der Waals surface area contributed by atoms with Crippen LogP contribution in [0.15, 0.2) is 30.3 Å². The molecule has 2 nitrogen and oxygen atoms in total. The van der Waals surface area contributed by atoms with E-state index < -0.39 is 0 Å². The van der Waals surface area contributed by atoms with E-state index in [0.29, 0.717) is 6.04 Å². The Balaban J connectivity index is 1.92. The molecule has 1 aliphatic carbocycles. The van der Waals surface area contributed by atoms with Crippen LogP contribution in [-0.4, -0.2) is 11.0 Å². The average Bonchev–Trinajstić information content (AvgIpc) is 2.33. The molecule has 1 saturated carbocycles. The van der Waals surface area contributed by atoms with Crippen molar-refractivity contribution in [1.82, 2.24) is 4.98 Å². The summed E-state index contributed by atoms with van der Waals surface area (Å²) >= 11 is 0. The first kappa shape index (κ1) is 10.6. The van der Waals surface area contributed by atoms with E-state index >= 15 is 0 Å². The maximum Gasteiger partial charge on any atom is 0.126 e. The van der Waals surface area contributed by atoms with Gasteiger partial charge in [-0.05, 0) is 49.4 Å². The largest absolute Gasteiger partial charge is 0.367 e. The summed E-state index contributed by atoms with van der Waals surface area (Å²) in [6.07, 6.45) is 4.99. The monoisotopic (exact) mass is 226 g/mol. The van der Waals surface area contributed by atoms with E-state index in [1.807, 2.05) is 0 Å². The molecule has 0 aliphatic heterocycles. The predicted molar refractivity (Wildman–Crippen MR) is 72.4 cm³/mol. The fourth-order valence-corrected chi connectivity index (χ4v) is 2.22. The standard InChI is InChI=1S/C15H18N2/c1-2-11-6-7-12-8-9-15(17-14(12)10-11)16-13-4-3-5-13/h6-10,13H,2-5H2,1H3,(H,16,17). The highest BCUT2D eigenvalue weighted by Gasteiger charge is 2.17. The summed E-state index contributed by atoms with van der Waals surface area (Å²) in [6.45, 7) is 2.18. The molecule has 88 valence electrons. The molecule has 1 N–H and O–H groups in total. The third kappa shape index (κ3) is 2.12. The molecule has 0 saturated heterocycles. The van der Waals surface area contributed by atoms with Crippen LogP contribution in [0, 0.1) is 0 Å². The van der Waals surface area contributed by atoms with Crippen molar-refractivity contribution >= 4 is 16.7 Å². The van der Waals surface area contributed by atoms with Crippen LogP contribution in [0.5, 0.6) is 0 Å². The number of hydrogen-bond acceptors (Lipinski definition) is 2. The van der Waals surface area contributed by atoms with Gasteiger partial charge in [0.1, 0.15) is 5.82 Å². The molecule has 3 rings (SSSR count). The van der Waals surface area contributed by atoms with Crippen molar-refractivity contribution in [3.05, 3.63) is 35.9 Å². The summed E-state index contributed by atoms with van der Waals surface area (Å²) in [4.78, 5) is 4.69. The lowest BCUT2D eigenvalue weighted by molar-refractivity contribution is 0.444. The van der Waals surface area contributed by atoms with Gasteiger partial charge in [0.05, 0.1) is 5.52 Å². The first-order chi connectivity index (χ1) is 8.35. The fraction of sp³-hybridized carbons (Fsp3) is 0.400. The summed E-state index contributed by atoms with van der Waals surface area (Å²) in [5.74, 6) is 1.02. The summed E-state index contributed by atoms with van der Waals surface area (Å²) in [7, 11) is 0. The van der Waals surface area contributed by atoms with E-state index in [-0.39, 0.29) is 0 Å². The smallest absolute Gasteiger partial charge is 0.126 e. The summed E-state index contributed by atoms with van der Waals surface area (Å²) in [5, 5.41) is 4.72. The van der Waals surface area contributed by atoms with Gasteiger partial charge >= 0.3 is 0 Å². The summed E-state index contributed by atoms with van der Waals surface area (Å²) in [5.41, 5.74) is 2.46. The van der Waals surface area contributed by atoms with Crippen molar-refractivity contribution < 1.29 is 0 Å². The summed E-state index contributed by atoms with van der Waals surface area (Å²) < 4.78 is 0. The predicted octanol–water partition coefficient (Wildman–Crippen LogP) is 3.76. The Bertz CT molecular complexity index is 529. The van der Waals surface area contributed by atoms with Crippen LogP contribution in [0.3, 0.4) is 0 Å². The average molecular weight is 226 g/mol. The van der Waals surface area contributed by atoms with Gasteiger partial charge in [0.25, 0.3) is 0 Å². The van der Waals surface area contributed by atoms with Crippen molar-refractivity contribution in [3.63, 3.8) is 0 Å². The number of nitrogens with zero attached hydrogens (tertiary/aromatic N) is 1. The number of rotatable bonds is 3. The number of pyridine rings is 1. The molecule has 1 aromatic carbocycles. The molecule has 0 amide bonds. The number of nitrogens with one attached hydrogen (secondary N) is 1. The number of fused-ring (bicyclic) bond motifs is 1. The Hall–Kier alpha value is -1.57. The van der Waals surface area contributed by atoms with Gasteiger partial charge in [-0.25, -0.2) is 4.98 Å². The molecule has 0 radical (unpaired) electrons. The first-order valence-electron chi connectivity index (χ1n) is 6.51. The molecule has 1 aliphatic rings. The molecule has 0 bridgehead atoms. The molecule has 1 aromatic heterocycles. The SMILES string of the molecule is CCc1ccc2ccc(NC3CCC3)nc2c1. The van der Waals surface area contributed by atoms with Gasteiger partial charge in [0.15, 0.2) is 0 Å². The van der Waals surface area contributed by atoms with Crippen LogP contribution < -0.4 is 5.32 Å². The molecular formula is C15H18N2. The second-order valence-corrected chi connectivity index (χ2v) is 4.85. The lowest BCUT2D eigenvalue weighted by atomic mass is 9.93. The van der Waals surface area contributed by atoms with Crippen LogP contribution >= 0.6 is 0 Å². The highest BCUT2D eigenvalue weighted by atomic mass is 15.0. The van der Waals surface area contributed by atoms with E-state index in [1.165, 1.54) is 30.2 Å². The zero-order valence-electron chi connectivity index (χ0n) is 10.2. The molecule has 17 heavy (non-hydrogen) atoms. The quantitative estimate of drug-likeness (QED) is 0.862. The normalized spacial score (nSPS) is 15.8. The zero-order chi connectivity index (χ0) is 11.7. The maximum atomic E-state index is 4.69. The Morgan fingerprint density at radius 1 is 1.24 bits per heavy atom. The minimum absolute atomic E-state index is 0.648. The van der Waals surface area contributed by atoms with Gasteiger partial charge in [-0.15, -0.1) is 0 Å². The number of aryl methyl sites for hydroxylation is 1. The zero-order valence-corrected chi connectivity index (χ0v) is 10.2. The van der Waals surface area contributed by atoms with Crippen LogP contribution in [0.2, 0.25) is 0 Å². The first-order valence-corrected chi connectivity index (χ1v) is 6.51. The molecule has 0 unspecified atom stereocenters. The van der Waals surface area contributed by atoms with Gasteiger partial charge < -0.3 is 5.32 Å². The number of benzene rings is 1. The van der Waals surface area contributed by atoms with Gasteiger partial charge in [-0.1, -0.05) is 19.1 Å². The van der Waals surface area contributed by atoms with E-state index in [0.717, 1.165) is 17.8 Å². The fourth-order valence-electron chi connectivity index (χ4n) is 2.22. The number of hydrogen-bond donors (Lipinski definition) is 1. The van der Waals surface area contributed by atoms with Gasteiger partial charge in [-0.3, -0.25) is 0 Å². The van der Waals surface area contributed by atoms with Crippen molar-refractivity contribution in [2.24, 2.45) is 0 Å². The molecular weight excluding hydrogens is 208 g/mol. The highest BCUT2D eigenvalue weighted by Crippen LogP contribution is 2.24. The van der Waals surface area contributed by atoms with E-state index in [2.05, 4.69) is 42.6 Å². The summed E-state index contributed by atoms with van der Waals surface area (Å²) in [6, 6.07) is 11.4. The third-order valence-electron chi connectivity index (χ3n) is 3.62. The second kappa shape index (κ2) is 4.36. The van der Waals surface area contributed by atoms with E-state index in [9.17, 15) is 0 Å². The van der Waals surface area contributed by atoms with Gasteiger partial charge in [0.2, 0.25) is 0 Å². The minimum atomic E-state index is 0.648. The van der Waals surface area contributed by atoms with Crippen molar-refractivity contribution in [2.45, 2.75) is 38.6 Å². The Labute approximate surface area is 102 Å². The van der Waals surface area contributed by atoms with E-state index in [4.69, 9.17) is 4.98 Å². The topological polar surface area (TPSA) is 24.9 Å². The van der Waals surface area contributed by atoms with E-state index in [1.54, 1.807) is 0 Å². The van der Waals surface area contributed by atoms with Crippen LogP contribution in [0.25, 0.3) is 10.9 Å². The molecule has 2 heteroatoms. The Kier molecular flexibility index (Phi) is 2.71. The molecule has 2 aromatic rings. The van der Waals surface area contributed by atoms with Crippen molar-refractivity contribution in [1.29, 1.82) is 0 Å². The molecule has 1 heterocycles. The van der Waals surface area contributed by atoms with Crippen LogP contribution in [0.1, 0.15) is 31.7 Å². The Morgan fingerprint density at radius 2 is 2.06 bits per heavy atom. The highest BCUT2D eigenvalue weighted by molar-refractivity contribution is 5.81. The van der Waals surface area contributed by atoms with Crippen LogP contribution in [0.4, 0.5) is 5.82 Å².